The number of carbonyl (C=O) groups is 3. The fourth-order valence-corrected chi connectivity index (χ4v) is 3.50. The van der Waals surface area contributed by atoms with Crippen molar-refractivity contribution in [3.05, 3.63) is 54.0 Å². The van der Waals surface area contributed by atoms with Crippen LogP contribution in [-0.2, 0) is 9.59 Å². The molecule has 0 atom stereocenters. The summed E-state index contributed by atoms with van der Waals surface area (Å²) in [5, 5.41) is 2.74. The normalized spacial score (nSPS) is 13.7. The van der Waals surface area contributed by atoms with Crippen LogP contribution in [0.1, 0.15) is 48.2 Å². The van der Waals surface area contributed by atoms with E-state index in [1.165, 1.54) is 6.26 Å². The monoisotopic (exact) mass is 411 g/mol. The van der Waals surface area contributed by atoms with Gasteiger partial charge in [-0.1, -0.05) is 17.7 Å². The summed E-state index contributed by atoms with van der Waals surface area (Å²) in [6.45, 7) is 3.89. The Bertz CT molecular complexity index is 840. The van der Waals surface area contributed by atoms with Gasteiger partial charge >= 0.3 is 0 Å². The lowest BCUT2D eigenvalue weighted by Gasteiger charge is -2.30. The number of amides is 3. The van der Waals surface area contributed by atoms with Crippen molar-refractivity contribution in [1.82, 2.24) is 10.2 Å². The molecule has 0 aliphatic carbocycles. The molecule has 0 saturated carbocycles. The van der Waals surface area contributed by atoms with E-state index in [9.17, 15) is 14.4 Å². The fraction of sp³-hybridized carbons (Fsp3) is 0.435. The highest BCUT2D eigenvalue weighted by Crippen LogP contribution is 2.18. The fourth-order valence-electron chi connectivity index (χ4n) is 3.50. The zero-order valence-corrected chi connectivity index (χ0v) is 17.4. The second-order valence-corrected chi connectivity index (χ2v) is 7.59. The van der Waals surface area contributed by atoms with Gasteiger partial charge in [0.2, 0.25) is 11.8 Å². The van der Waals surface area contributed by atoms with Gasteiger partial charge in [-0.2, -0.15) is 0 Å². The molecule has 3 rings (SSSR count). The van der Waals surface area contributed by atoms with Crippen molar-refractivity contribution in [2.75, 3.05) is 31.1 Å². The minimum Gasteiger partial charge on any atom is -0.459 e. The Labute approximate surface area is 177 Å². The second-order valence-electron chi connectivity index (χ2n) is 7.59. The largest absolute Gasteiger partial charge is 0.459 e. The molecule has 30 heavy (non-hydrogen) atoms. The number of piperidine rings is 1. The number of carbonyl (C=O) groups excluding carboxylic acids is 3. The van der Waals surface area contributed by atoms with E-state index < -0.39 is 0 Å². The molecule has 7 heteroatoms. The third-order valence-corrected chi connectivity index (χ3v) is 5.25. The quantitative estimate of drug-likeness (QED) is 0.677. The Kier molecular flexibility index (Phi) is 7.65. The summed E-state index contributed by atoms with van der Waals surface area (Å²) in [6, 6.07) is 10.9. The summed E-state index contributed by atoms with van der Waals surface area (Å²) < 4.78 is 5.05. The Balaban J connectivity index is 1.57. The highest BCUT2D eigenvalue weighted by Gasteiger charge is 2.23. The molecule has 0 spiro atoms. The molecule has 1 saturated heterocycles. The van der Waals surface area contributed by atoms with Crippen LogP contribution in [0.2, 0.25) is 0 Å². The van der Waals surface area contributed by atoms with Crippen molar-refractivity contribution in [3.8, 4) is 0 Å². The molecular weight excluding hydrogens is 382 g/mol. The average molecular weight is 412 g/mol. The third kappa shape index (κ3) is 5.95. The highest BCUT2D eigenvalue weighted by atomic mass is 16.3. The standard InChI is InChI=1S/C23H29N3O4/c1-18-9-11-19(12-10-18)26(17-22(28)25-14-3-2-4-15-25)21(27)8-5-13-24-23(29)20-7-6-16-30-20/h6-7,9-12,16H,2-5,8,13-15,17H2,1H3,(H,24,29). The lowest BCUT2D eigenvalue weighted by atomic mass is 10.1. The van der Waals surface area contributed by atoms with Gasteiger partial charge in [0.1, 0.15) is 6.54 Å². The van der Waals surface area contributed by atoms with Crippen molar-refractivity contribution in [1.29, 1.82) is 0 Å². The zero-order valence-electron chi connectivity index (χ0n) is 17.4. The van der Waals surface area contributed by atoms with E-state index in [2.05, 4.69) is 5.32 Å². The first-order valence-electron chi connectivity index (χ1n) is 10.5. The van der Waals surface area contributed by atoms with Crippen LogP contribution < -0.4 is 10.2 Å². The van der Waals surface area contributed by atoms with Gasteiger partial charge in [0.05, 0.1) is 6.26 Å². The third-order valence-electron chi connectivity index (χ3n) is 5.25. The van der Waals surface area contributed by atoms with Crippen LogP contribution in [0.15, 0.2) is 47.1 Å². The number of hydrogen-bond donors (Lipinski definition) is 1. The number of aryl methyl sites for hydroxylation is 1. The maximum absolute atomic E-state index is 12.9. The van der Waals surface area contributed by atoms with E-state index in [4.69, 9.17) is 4.42 Å². The first-order chi connectivity index (χ1) is 14.5. The molecule has 160 valence electrons. The molecule has 1 fully saturated rings. The minimum absolute atomic E-state index is 0.0188. The molecule has 0 unspecified atom stereocenters. The number of nitrogens with zero attached hydrogens (tertiary/aromatic N) is 2. The molecule has 0 bridgehead atoms. The van der Waals surface area contributed by atoms with E-state index >= 15 is 0 Å². The van der Waals surface area contributed by atoms with Crippen molar-refractivity contribution in [3.63, 3.8) is 0 Å². The summed E-state index contributed by atoms with van der Waals surface area (Å²) in [5.74, 6) is -0.205. The maximum atomic E-state index is 12.9. The van der Waals surface area contributed by atoms with Crippen molar-refractivity contribution in [2.45, 2.75) is 39.0 Å². The molecule has 1 N–H and O–H groups in total. The Morgan fingerprint density at radius 2 is 1.80 bits per heavy atom. The molecule has 7 nitrogen and oxygen atoms in total. The van der Waals surface area contributed by atoms with E-state index in [-0.39, 0.29) is 36.4 Å². The van der Waals surface area contributed by atoms with Gasteiger partial charge in [0, 0.05) is 31.7 Å². The minimum atomic E-state index is -0.303. The van der Waals surface area contributed by atoms with E-state index in [0.29, 0.717) is 13.0 Å². The molecule has 2 aromatic rings. The van der Waals surface area contributed by atoms with Gasteiger partial charge in [-0.15, -0.1) is 0 Å². The molecule has 1 aliphatic heterocycles. The van der Waals surface area contributed by atoms with Gasteiger partial charge in [-0.25, -0.2) is 0 Å². The lowest BCUT2D eigenvalue weighted by Crippen LogP contribution is -2.45. The van der Waals surface area contributed by atoms with Crippen LogP contribution >= 0.6 is 0 Å². The number of nitrogens with one attached hydrogen (secondary N) is 1. The number of benzene rings is 1. The van der Waals surface area contributed by atoms with Crippen LogP contribution in [-0.4, -0.2) is 48.8 Å². The van der Waals surface area contributed by atoms with E-state index in [0.717, 1.165) is 43.6 Å². The Hall–Kier alpha value is -3.09. The average Bonchev–Trinajstić information content (AvgIpc) is 3.31. The maximum Gasteiger partial charge on any atom is 0.286 e. The number of rotatable bonds is 8. The molecule has 0 radical (unpaired) electrons. The SMILES string of the molecule is Cc1ccc(N(CC(=O)N2CCCCC2)C(=O)CCCNC(=O)c2ccco2)cc1. The smallest absolute Gasteiger partial charge is 0.286 e. The first kappa shape index (κ1) is 21.6. The first-order valence-corrected chi connectivity index (χ1v) is 10.5. The highest BCUT2D eigenvalue weighted by molar-refractivity contribution is 5.98. The van der Waals surface area contributed by atoms with Crippen LogP contribution in [0.5, 0.6) is 0 Å². The summed E-state index contributed by atoms with van der Waals surface area (Å²) in [7, 11) is 0. The van der Waals surface area contributed by atoms with Crippen molar-refractivity contribution < 1.29 is 18.8 Å². The predicted octanol–water partition coefficient (Wildman–Crippen LogP) is 3.14. The molecular formula is C23H29N3O4. The number of likely N-dealkylation sites (tertiary alicyclic amines) is 1. The van der Waals surface area contributed by atoms with Gasteiger partial charge in [0.25, 0.3) is 5.91 Å². The van der Waals surface area contributed by atoms with Crippen LogP contribution in [0, 0.1) is 6.92 Å². The van der Waals surface area contributed by atoms with Gasteiger partial charge in [-0.3, -0.25) is 14.4 Å². The summed E-state index contributed by atoms with van der Waals surface area (Å²) in [6.07, 6.45) is 5.33. The van der Waals surface area contributed by atoms with Crippen LogP contribution in [0.25, 0.3) is 0 Å². The van der Waals surface area contributed by atoms with Gasteiger partial charge in [-0.05, 0) is 56.9 Å². The molecule has 1 aromatic heterocycles. The van der Waals surface area contributed by atoms with Crippen LogP contribution in [0.4, 0.5) is 5.69 Å². The lowest BCUT2D eigenvalue weighted by molar-refractivity contribution is -0.132. The molecule has 1 aliphatic rings. The number of hydrogen-bond acceptors (Lipinski definition) is 4. The summed E-state index contributed by atoms with van der Waals surface area (Å²) in [4.78, 5) is 41.0. The summed E-state index contributed by atoms with van der Waals surface area (Å²) in [5.41, 5.74) is 1.81. The second kappa shape index (κ2) is 10.6. The van der Waals surface area contributed by atoms with Crippen LogP contribution in [0.3, 0.4) is 0 Å². The number of anilines is 1. The molecule has 3 amide bonds. The topological polar surface area (TPSA) is 82.9 Å². The van der Waals surface area contributed by atoms with Gasteiger partial charge in [0.15, 0.2) is 5.76 Å². The van der Waals surface area contributed by atoms with E-state index in [1.54, 1.807) is 17.0 Å². The molecule has 1 aromatic carbocycles. The van der Waals surface area contributed by atoms with Crippen molar-refractivity contribution >= 4 is 23.4 Å². The van der Waals surface area contributed by atoms with Crippen molar-refractivity contribution in [2.24, 2.45) is 0 Å². The Morgan fingerprint density at radius 3 is 2.47 bits per heavy atom. The van der Waals surface area contributed by atoms with Gasteiger partial charge < -0.3 is 19.5 Å². The Morgan fingerprint density at radius 1 is 1.07 bits per heavy atom. The zero-order chi connectivity index (χ0) is 21.3. The molecule has 2 heterocycles. The predicted molar refractivity (Wildman–Crippen MR) is 114 cm³/mol. The number of furan rings is 1. The summed E-state index contributed by atoms with van der Waals surface area (Å²) >= 11 is 0. The van der Waals surface area contributed by atoms with E-state index in [1.807, 2.05) is 36.1 Å².